The van der Waals surface area contributed by atoms with Crippen molar-refractivity contribution < 1.29 is 14.7 Å². The summed E-state index contributed by atoms with van der Waals surface area (Å²) in [6, 6.07) is 18.1. The zero-order chi connectivity index (χ0) is 32.1. The lowest BCUT2D eigenvalue weighted by Crippen LogP contribution is -2.41. The fourth-order valence-electron chi connectivity index (χ4n) is 6.15. The van der Waals surface area contributed by atoms with E-state index in [1.165, 1.54) is 0 Å². The number of rotatable bonds is 7. The van der Waals surface area contributed by atoms with E-state index in [1.54, 1.807) is 46.0 Å². The van der Waals surface area contributed by atoms with Gasteiger partial charge in [0.15, 0.2) is 5.82 Å². The summed E-state index contributed by atoms with van der Waals surface area (Å²) in [7, 11) is 0. The Balaban J connectivity index is 1.02. The number of piperidine rings is 1. The molecule has 8 rings (SSSR count). The molecule has 232 valence electrons. The van der Waals surface area contributed by atoms with E-state index in [0.29, 0.717) is 42.0 Å². The summed E-state index contributed by atoms with van der Waals surface area (Å²) in [5.74, 6) is -0.209. The molecule has 5 aromatic heterocycles. The summed E-state index contributed by atoms with van der Waals surface area (Å²) < 4.78 is 5.44. The Morgan fingerprint density at radius 1 is 0.915 bits per heavy atom. The van der Waals surface area contributed by atoms with E-state index in [0.717, 1.165) is 33.1 Å². The third-order valence-electron chi connectivity index (χ3n) is 8.35. The van der Waals surface area contributed by atoms with Gasteiger partial charge < -0.3 is 15.4 Å². The highest BCUT2D eigenvalue weighted by Crippen LogP contribution is 2.34. The van der Waals surface area contributed by atoms with E-state index >= 15 is 0 Å². The number of phenolic OH excluding ortho intramolecular Hbond substituents is 1. The van der Waals surface area contributed by atoms with E-state index in [9.17, 15) is 14.7 Å². The Labute approximate surface area is 266 Å². The number of amides is 2. The van der Waals surface area contributed by atoms with E-state index in [-0.39, 0.29) is 29.8 Å². The van der Waals surface area contributed by atoms with Gasteiger partial charge in [-0.05, 0) is 54.4 Å². The highest BCUT2D eigenvalue weighted by molar-refractivity contribution is 6.09. The second kappa shape index (κ2) is 11.2. The van der Waals surface area contributed by atoms with Crippen LogP contribution >= 0.6 is 0 Å². The fraction of sp³-hybridized carbons (Fsp3) is 0.152. The molecule has 47 heavy (non-hydrogen) atoms. The average Bonchev–Trinajstić information content (AvgIpc) is 3.80. The highest BCUT2D eigenvalue weighted by Gasteiger charge is 2.31. The molecular formula is C33H27N11O3. The second-order valence-corrected chi connectivity index (χ2v) is 11.4. The molecule has 1 atom stereocenters. The van der Waals surface area contributed by atoms with Gasteiger partial charge in [0.2, 0.25) is 11.8 Å². The summed E-state index contributed by atoms with van der Waals surface area (Å²) in [4.78, 5) is 29.1. The number of pyridine rings is 1. The molecular weight excluding hydrogens is 598 g/mol. The van der Waals surface area contributed by atoms with Crippen molar-refractivity contribution >= 4 is 39.6 Å². The third-order valence-corrected chi connectivity index (χ3v) is 8.35. The van der Waals surface area contributed by atoms with Gasteiger partial charge in [0.25, 0.3) is 0 Å². The smallest absolute Gasteiger partial charge is 0.249 e. The van der Waals surface area contributed by atoms with Gasteiger partial charge >= 0.3 is 0 Å². The van der Waals surface area contributed by atoms with Gasteiger partial charge in [-0.2, -0.15) is 5.10 Å². The molecule has 1 aliphatic rings. The summed E-state index contributed by atoms with van der Waals surface area (Å²) in [5, 5.41) is 36.0. The molecule has 14 nitrogen and oxygen atoms in total. The Morgan fingerprint density at radius 2 is 1.81 bits per heavy atom. The predicted molar refractivity (Wildman–Crippen MR) is 172 cm³/mol. The number of nitrogens with zero attached hydrogens (tertiary/aromatic N) is 9. The van der Waals surface area contributed by atoms with Crippen molar-refractivity contribution in [2.45, 2.75) is 32.0 Å². The Bertz CT molecular complexity index is 2340. The second-order valence-electron chi connectivity index (χ2n) is 11.4. The maximum Gasteiger partial charge on any atom is 0.249 e. The van der Waals surface area contributed by atoms with Crippen LogP contribution in [0.15, 0.2) is 85.5 Å². The van der Waals surface area contributed by atoms with Crippen LogP contribution in [0.4, 0.5) is 5.82 Å². The van der Waals surface area contributed by atoms with Gasteiger partial charge in [-0.1, -0.05) is 23.4 Å². The Morgan fingerprint density at radius 3 is 2.68 bits per heavy atom. The summed E-state index contributed by atoms with van der Waals surface area (Å²) in [6.07, 6.45) is 7.84. The van der Waals surface area contributed by atoms with Gasteiger partial charge in [-0.15, -0.1) is 15.3 Å². The Kier molecular flexibility index (Phi) is 6.67. The standard InChI is InChI=1S/C33H27N11O3/c34-31-24(13-26(39-40-31)23-4-1-2-6-29(23)45)20-14-36-42(16-20)17-21-18-43(41-38-21)15-19-7-8-27-25(12-19)22-5-3-11-35-32(22)44(27)28-9-10-30(46)37-33(28)47/h1-8,11-14,16,18,28,45H,9-10,15,17H2,(H2,34,40)(H,37,46,47). The first-order valence-corrected chi connectivity index (χ1v) is 15.0. The molecule has 2 aromatic carbocycles. The SMILES string of the molecule is Nc1nnc(-c2ccccc2O)cc1-c1cnn(Cc2cn(Cc3ccc4c(c3)c3cccnc3n4C3CCC(=O)NC3=O)nn2)c1. The number of hydrogen-bond donors (Lipinski definition) is 3. The molecule has 4 N–H and O–H groups in total. The van der Waals surface area contributed by atoms with Gasteiger partial charge in [-0.3, -0.25) is 19.6 Å². The van der Waals surface area contributed by atoms with Gasteiger partial charge in [0.05, 0.1) is 36.7 Å². The van der Waals surface area contributed by atoms with Gasteiger partial charge in [0, 0.05) is 46.3 Å². The molecule has 0 radical (unpaired) electrons. The average molecular weight is 626 g/mol. The topological polar surface area (TPSA) is 185 Å². The lowest BCUT2D eigenvalue weighted by Gasteiger charge is -2.23. The first kappa shape index (κ1) is 28.1. The van der Waals surface area contributed by atoms with Crippen molar-refractivity contribution in [1.29, 1.82) is 0 Å². The molecule has 0 saturated carbocycles. The van der Waals surface area contributed by atoms with Crippen LogP contribution in [0.3, 0.4) is 0 Å². The number of imide groups is 1. The number of phenols is 1. The number of para-hydroxylation sites is 1. The molecule has 1 unspecified atom stereocenters. The number of anilines is 1. The summed E-state index contributed by atoms with van der Waals surface area (Å²) in [6.45, 7) is 0.863. The fourth-order valence-corrected chi connectivity index (χ4v) is 6.15. The number of hydrogen-bond acceptors (Lipinski definition) is 10. The van der Waals surface area contributed by atoms with Crippen molar-refractivity contribution in [3.8, 4) is 28.1 Å². The zero-order valence-electron chi connectivity index (χ0n) is 24.9. The minimum atomic E-state index is -0.514. The van der Waals surface area contributed by atoms with Crippen LogP contribution in [0, 0.1) is 0 Å². The van der Waals surface area contributed by atoms with Gasteiger partial charge in [0.1, 0.15) is 23.1 Å². The number of aromatic nitrogens is 9. The van der Waals surface area contributed by atoms with Crippen LogP contribution in [0.25, 0.3) is 44.3 Å². The molecule has 1 fully saturated rings. The first-order valence-electron chi connectivity index (χ1n) is 15.0. The maximum absolute atomic E-state index is 12.8. The molecule has 14 heteroatoms. The highest BCUT2D eigenvalue weighted by atomic mass is 16.3. The molecule has 1 saturated heterocycles. The number of fused-ring (bicyclic) bond motifs is 3. The normalized spacial score (nSPS) is 15.0. The summed E-state index contributed by atoms with van der Waals surface area (Å²) >= 11 is 0. The number of nitrogen functional groups attached to an aromatic ring is 1. The molecule has 6 heterocycles. The van der Waals surface area contributed by atoms with Crippen LogP contribution in [-0.2, 0) is 22.7 Å². The maximum atomic E-state index is 12.8. The summed E-state index contributed by atoms with van der Waals surface area (Å²) in [5.41, 5.74) is 11.9. The van der Waals surface area contributed by atoms with Crippen LogP contribution in [-0.4, -0.2) is 61.4 Å². The molecule has 0 bridgehead atoms. The molecule has 0 aliphatic carbocycles. The van der Waals surface area contributed by atoms with E-state index in [4.69, 9.17) is 5.73 Å². The first-order chi connectivity index (χ1) is 22.9. The molecule has 7 aromatic rings. The van der Waals surface area contributed by atoms with Crippen LogP contribution < -0.4 is 11.1 Å². The lowest BCUT2D eigenvalue weighted by molar-refractivity contribution is -0.135. The van der Waals surface area contributed by atoms with Crippen molar-refractivity contribution in [3.05, 3.63) is 96.7 Å². The zero-order valence-corrected chi connectivity index (χ0v) is 24.9. The number of carbonyl (C=O) groups is 2. The lowest BCUT2D eigenvalue weighted by atomic mass is 10.1. The minimum Gasteiger partial charge on any atom is -0.507 e. The van der Waals surface area contributed by atoms with Crippen molar-refractivity contribution in [2.75, 3.05) is 5.73 Å². The largest absolute Gasteiger partial charge is 0.507 e. The van der Waals surface area contributed by atoms with Gasteiger partial charge in [-0.25, -0.2) is 9.67 Å². The molecule has 0 spiro atoms. The Hall–Kier alpha value is -6.44. The number of carbonyl (C=O) groups excluding carboxylic acids is 2. The van der Waals surface area contributed by atoms with E-state index in [1.807, 2.05) is 47.3 Å². The number of nitrogens with one attached hydrogen (secondary N) is 1. The van der Waals surface area contributed by atoms with Crippen LogP contribution in [0.2, 0.25) is 0 Å². The number of nitrogens with two attached hydrogens (primary N) is 1. The van der Waals surface area contributed by atoms with E-state index in [2.05, 4.69) is 42.0 Å². The van der Waals surface area contributed by atoms with Crippen LogP contribution in [0.5, 0.6) is 5.75 Å². The number of aromatic hydroxyl groups is 1. The van der Waals surface area contributed by atoms with E-state index < -0.39 is 6.04 Å². The van der Waals surface area contributed by atoms with Crippen molar-refractivity contribution in [1.82, 2.24) is 49.8 Å². The molecule has 1 aliphatic heterocycles. The number of benzene rings is 2. The third kappa shape index (κ3) is 5.10. The van der Waals surface area contributed by atoms with Crippen molar-refractivity contribution in [2.24, 2.45) is 0 Å². The predicted octanol–water partition coefficient (Wildman–Crippen LogP) is 3.46. The van der Waals surface area contributed by atoms with Crippen LogP contribution in [0.1, 0.15) is 30.1 Å². The minimum absolute atomic E-state index is 0.104. The quantitative estimate of drug-likeness (QED) is 0.222. The molecule has 2 amide bonds. The van der Waals surface area contributed by atoms with Crippen molar-refractivity contribution in [3.63, 3.8) is 0 Å². The monoisotopic (exact) mass is 625 g/mol.